The van der Waals surface area contributed by atoms with E-state index >= 15 is 0 Å². The van der Waals surface area contributed by atoms with E-state index in [1.165, 1.54) is 4.68 Å². The molecule has 6 heteroatoms. The van der Waals surface area contributed by atoms with E-state index in [2.05, 4.69) is 5.10 Å². The normalized spacial score (nSPS) is 18.2. The number of ether oxygens (including phenoxy) is 1. The number of carbonyl (C=O) groups excluding carboxylic acids is 1. The molecule has 1 aromatic rings. The number of likely N-dealkylation sites (tertiary alicyclic amines) is 1. The van der Waals surface area contributed by atoms with Gasteiger partial charge in [0.05, 0.1) is 5.69 Å². The van der Waals surface area contributed by atoms with Crippen molar-refractivity contribution in [3.05, 3.63) is 27.7 Å². The first kappa shape index (κ1) is 17.7. The highest BCUT2D eigenvalue weighted by molar-refractivity contribution is 5.76. The van der Waals surface area contributed by atoms with Crippen molar-refractivity contribution in [2.75, 3.05) is 26.8 Å². The summed E-state index contributed by atoms with van der Waals surface area (Å²) in [6.45, 7) is 6.06. The minimum absolute atomic E-state index is 0.0145. The summed E-state index contributed by atoms with van der Waals surface area (Å²) in [5, 5.41) is 4.23. The van der Waals surface area contributed by atoms with Crippen LogP contribution in [0.5, 0.6) is 0 Å². The van der Waals surface area contributed by atoms with Gasteiger partial charge >= 0.3 is 0 Å². The van der Waals surface area contributed by atoms with E-state index in [4.69, 9.17) is 4.74 Å². The van der Waals surface area contributed by atoms with Crippen LogP contribution in [0.2, 0.25) is 0 Å². The predicted octanol–water partition coefficient (Wildman–Crippen LogP) is 1.53. The lowest BCUT2D eigenvalue weighted by Gasteiger charge is -2.33. The van der Waals surface area contributed by atoms with Gasteiger partial charge in [-0.3, -0.25) is 9.59 Å². The Bertz CT molecular complexity index is 597. The van der Waals surface area contributed by atoms with Crippen LogP contribution < -0.4 is 5.56 Å². The van der Waals surface area contributed by atoms with Crippen molar-refractivity contribution in [2.45, 2.75) is 46.1 Å². The van der Waals surface area contributed by atoms with Gasteiger partial charge in [0.25, 0.3) is 5.56 Å². The summed E-state index contributed by atoms with van der Waals surface area (Å²) >= 11 is 0. The lowest BCUT2D eigenvalue weighted by Crippen LogP contribution is -2.43. The van der Waals surface area contributed by atoms with E-state index in [1.807, 2.05) is 18.7 Å². The van der Waals surface area contributed by atoms with E-state index in [0.29, 0.717) is 5.92 Å². The molecule has 0 unspecified atom stereocenters. The maximum absolute atomic E-state index is 12.5. The number of nitrogens with zero attached hydrogens (tertiary/aromatic N) is 3. The van der Waals surface area contributed by atoms with Crippen molar-refractivity contribution in [3.63, 3.8) is 0 Å². The molecular formula is C17H27N3O3. The van der Waals surface area contributed by atoms with Crippen LogP contribution in [0.25, 0.3) is 0 Å². The molecule has 1 aliphatic heterocycles. The van der Waals surface area contributed by atoms with Crippen LogP contribution in [-0.4, -0.2) is 47.4 Å². The number of carbonyl (C=O) groups is 1. The van der Waals surface area contributed by atoms with Gasteiger partial charge in [-0.2, -0.15) is 5.10 Å². The molecule has 0 saturated carbocycles. The summed E-state index contributed by atoms with van der Waals surface area (Å²) in [5.41, 5.74) is 1.43. The molecule has 2 heterocycles. The maximum atomic E-state index is 12.5. The van der Waals surface area contributed by atoms with Gasteiger partial charge in [0.1, 0.15) is 6.54 Å². The van der Waals surface area contributed by atoms with Gasteiger partial charge in [0, 0.05) is 32.9 Å². The highest BCUT2D eigenvalue weighted by Gasteiger charge is 2.24. The number of rotatable bonds is 6. The monoisotopic (exact) mass is 321 g/mol. The third-order valence-electron chi connectivity index (χ3n) is 4.55. The number of methoxy groups -OCH3 is 1. The number of hydrogen-bond acceptors (Lipinski definition) is 4. The van der Waals surface area contributed by atoms with Crippen LogP contribution in [0.4, 0.5) is 0 Å². The Hall–Kier alpha value is -1.69. The number of aromatic nitrogens is 2. The first-order chi connectivity index (χ1) is 11.0. The zero-order valence-corrected chi connectivity index (χ0v) is 14.4. The van der Waals surface area contributed by atoms with Gasteiger partial charge in [-0.25, -0.2) is 4.68 Å². The van der Waals surface area contributed by atoms with Crippen molar-refractivity contribution in [3.8, 4) is 0 Å². The zero-order valence-electron chi connectivity index (χ0n) is 14.4. The van der Waals surface area contributed by atoms with Gasteiger partial charge in [-0.1, -0.05) is 0 Å². The average molecular weight is 321 g/mol. The van der Waals surface area contributed by atoms with Crippen LogP contribution in [0.3, 0.4) is 0 Å². The first-order valence-corrected chi connectivity index (χ1v) is 8.33. The molecule has 1 saturated heterocycles. The maximum Gasteiger partial charge on any atom is 0.267 e. The summed E-state index contributed by atoms with van der Waals surface area (Å²) in [6, 6.07) is 1.54. The summed E-state index contributed by atoms with van der Waals surface area (Å²) < 4.78 is 6.37. The molecule has 0 aromatic carbocycles. The predicted molar refractivity (Wildman–Crippen MR) is 88.4 cm³/mol. The first-order valence-electron chi connectivity index (χ1n) is 8.33. The van der Waals surface area contributed by atoms with Crippen LogP contribution in [-0.2, 0) is 16.1 Å². The van der Waals surface area contributed by atoms with Gasteiger partial charge in [0.15, 0.2) is 0 Å². The molecule has 0 bridgehead atoms. The molecule has 128 valence electrons. The molecule has 6 nitrogen and oxygen atoms in total. The summed E-state index contributed by atoms with van der Waals surface area (Å²) in [5.74, 6) is 0.520. The topological polar surface area (TPSA) is 64.4 Å². The van der Waals surface area contributed by atoms with Crippen molar-refractivity contribution in [2.24, 2.45) is 5.92 Å². The summed E-state index contributed by atoms with van der Waals surface area (Å²) in [4.78, 5) is 26.3. The Morgan fingerprint density at radius 1 is 1.43 bits per heavy atom. The van der Waals surface area contributed by atoms with Crippen LogP contribution in [0.1, 0.15) is 36.9 Å². The molecule has 0 aliphatic carbocycles. The zero-order chi connectivity index (χ0) is 16.8. The van der Waals surface area contributed by atoms with E-state index in [0.717, 1.165) is 56.6 Å². The molecule has 1 fully saturated rings. The summed E-state index contributed by atoms with van der Waals surface area (Å²) in [6.07, 6.45) is 4.30. The lowest BCUT2D eigenvalue weighted by atomic mass is 9.93. The van der Waals surface area contributed by atoms with Crippen molar-refractivity contribution < 1.29 is 9.53 Å². The number of amides is 1. The Labute approximate surface area is 137 Å². The SMILES string of the molecule is COCCC[C@@H]1CCCN(C(=O)Cn2nc(C)c(C)cc2=O)C1. The second kappa shape index (κ2) is 8.24. The second-order valence-electron chi connectivity index (χ2n) is 6.39. The summed E-state index contributed by atoms with van der Waals surface area (Å²) in [7, 11) is 1.71. The third kappa shape index (κ3) is 4.89. The molecule has 2 rings (SSSR count). The van der Waals surface area contributed by atoms with E-state index < -0.39 is 0 Å². The quantitative estimate of drug-likeness (QED) is 0.745. The van der Waals surface area contributed by atoms with Crippen molar-refractivity contribution >= 4 is 5.91 Å². The van der Waals surface area contributed by atoms with Gasteiger partial charge in [-0.15, -0.1) is 0 Å². The Kier molecular flexibility index (Phi) is 6.33. The van der Waals surface area contributed by atoms with Crippen molar-refractivity contribution in [1.82, 2.24) is 14.7 Å². The van der Waals surface area contributed by atoms with Crippen molar-refractivity contribution in [1.29, 1.82) is 0 Å². The largest absolute Gasteiger partial charge is 0.385 e. The molecule has 1 aliphatic rings. The molecule has 1 amide bonds. The molecule has 23 heavy (non-hydrogen) atoms. The fourth-order valence-electron chi connectivity index (χ4n) is 3.06. The van der Waals surface area contributed by atoms with Crippen LogP contribution >= 0.6 is 0 Å². The number of piperidine rings is 1. The minimum atomic E-state index is -0.213. The molecule has 0 N–H and O–H groups in total. The fourth-order valence-corrected chi connectivity index (χ4v) is 3.06. The minimum Gasteiger partial charge on any atom is -0.385 e. The van der Waals surface area contributed by atoms with Gasteiger partial charge < -0.3 is 9.64 Å². The van der Waals surface area contributed by atoms with E-state index in [-0.39, 0.29) is 18.0 Å². The highest BCUT2D eigenvalue weighted by atomic mass is 16.5. The molecule has 0 spiro atoms. The fraction of sp³-hybridized carbons (Fsp3) is 0.706. The number of hydrogen-bond donors (Lipinski definition) is 0. The lowest BCUT2D eigenvalue weighted by molar-refractivity contribution is -0.134. The highest BCUT2D eigenvalue weighted by Crippen LogP contribution is 2.21. The Morgan fingerprint density at radius 3 is 2.96 bits per heavy atom. The van der Waals surface area contributed by atoms with Crippen LogP contribution in [0, 0.1) is 19.8 Å². The molecule has 1 atom stereocenters. The third-order valence-corrected chi connectivity index (χ3v) is 4.55. The Balaban J connectivity index is 1.95. The molecular weight excluding hydrogens is 294 g/mol. The Morgan fingerprint density at radius 2 is 2.22 bits per heavy atom. The van der Waals surface area contributed by atoms with E-state index in [9.17, 15) is 9.59 Å². The second-order valence-corrected chi connectivity index (χ2v) is 6.39. The molecule has 0 radical (unpaired) electrons. The smallest absolute Gasteiger partial charge is 0.267 e. The average Bonchev–Trinajstić information content (AvgIpc) is 2.53. The standard InChI is InChI=1S/C17H27N3O3/c1-13-10-16(21)20(18-14(13)2)12-17(22)19-8-4-6-15(11-19)7-5-9-23-3/h10,15H,4-9,11-12H2,1-3H3/t15-/m0/s1. The van der Waals surface area contributed by atoms with Gasteiger partial charge in [-0.05, 0) is 51.0 Å². The van der Waals surface area contributed by atoms with E-state index in [1.54, 1.807) is 13.2 Å². The van der Waals surface area contributed by atoms with Gasteiger partial charge in [0.2, 0.25) is 5.91 Å². The molecule has 1 aromatic heterocycles. The number of aryl methyl sites for hydroxylation is 2. The van der Waals surface area contributed by atoms with Crippen LogP contribution in [0.15, 0.2) is 10.9 Å².